The second-order valence-corrected chi connectivity index (χ2v) is 5.51. The molecule has 0 aliphatic rings. The third kappa shape index (κ3) is 4.66. The Labute approximate surface area is 151 Å². The topological polar surface area (TPSA) is 78.5 Å². The van der Waals surface area contributed by atoms with Gasteiger partial charge in [0.15, 0.2) is 6.61 Å². The van der Waals surface area contributed by atoms with E-state index in [9.17, 15) is 4.79 Å². The molecule has 1 aromatic carbocycles. The standard InChI is InChI=1S/C19H21N3O4/c1-2-24-15-6-8-16(9-7-15)26-14-19(23)20-13-17(18-5-3-12-25-18)22-11-4-10-21-22/h3-12,17H,2,13-14H2,1H3,(H,20,23). The lowest BCUT2D eigenvalue weighted by Gasteiger charge is -2.16. The second kappa shape index (κ2) is 8.75. The minimum atomic E-state index is -0.220. The highest BCUT2D eigenvalue weighted by atomic mass is 16.5. The fourth-order valence-electron chi connectivity index (χ4n) is 2.48. The summed E-state index contributed by atoms with van der Waals surface area (Å²) >= 11 is 0. The van der Waals surface area contributed by atoms with Gasteiger partial charge in [-0.2, -0.15) is 5.10 Å². The van der Waals surface area contributed by atoms with Crippen LogP contribution in [-0.4, -0.2) is 35.4 Å². The molecule has 3 aromatic rings. The van der Waals surface area contributed by atoms with E-state index in [0.29, 0.717) is 18.9 Å². The number of carbonyl (C=O) groups excluding carboxylic acids is 1. The van der Waals surface area contributed by atoms with Gasteiger partial charge in [0.25, 0.3) is 5.91 Å². The van der Waals surface area contributed by atoms with E-state index in [1.54, 1.807) is 41.4 Å². The first-order chi connectivity index (χ1) is 12.8. The molecular weight excluding hydrogens is 334 g/mol. The normalized spacial score (nSPS) is 11.7. The van der Waals surface area contributed by atoms with Crippen LogP contribution in [0.2, 0.25) is 0 Å². The van der Waals surface area contributed by atoms with Gasteiger partial charge in [-0.3, -0.25) is 9.48 Å². The van der Waals surface area contributed by atoms with E-state index < -0.39 is 0 Å². The first-order valence-electron chi connectivity index (χ1n) is 8.41. The molecule has 0 fully saturated rings. The highest BCUT2D eigenvalue weighted by Crippen LogP contribution is 2.18. The molecule has 0 saturated heterocycles. The van der Waals surface area contributed by atoms with Gasteiger partial charge in [-0.25, -0.2) is 0 Å². The summed E-state index contributed by atoms with van der Waals surface area (Å²) in [5.74, 6) is 1.88. The van der Waals surface area contributed by atoms with E-state index >= 15 is 0 Å². The summed E-state index contributed by atoms with van der Waals surface area (Å²) in [6.45, 7) is 2.81. The molecule has 1 atom stereocenters. The van der Waals surface area contributed by atoms with Gasteiger partial charge in [-0.05, 0) is 49.4 Å². The van der Waals surface area contributed by atoms with E-state index in [1.165, 1.54) is 0 Å². The average molecular weight is 355 g/mol. The van der Waals surface area contributed by atoms with Crippen molar-refractivity contribution in [3.05, 3.63) is 66.9 Å². The van der Waals surface area contributed by atoms with Crippen molar-refractivity contribution in [2.75, 3.05) is 19.8 Å². The number of nitrogens with one attached hydrogen (secondary N) is 1. The van der Waals surface area contributed by atoms with Crippen LogP contribution in [0.3, 0.4) is 0 Å². The van der Waals surface area contributed by atoms with Crippen molar-refractivity contribution in [3.63, 3.8) is 0 Å². The number of ether oxygens (including phenoxy) is 2. The molecule has 3 rings (SSSR count). The fourth-order valence-corrected chi connectivity index (χ4v) is 2.48. The zero-order valence-electron chi connectivity index (χ0n) is 14.5. The van der Waals surface area contributed by atoms with Crippen LogP contribution in [0, 0.1) is 0 Å². The monoisotopic (exact) mass is 355 g/mol. The van der Waals surface area contributed by atoms with Crippen LogP contribution in [0.5, 0.6) is 11.5 Å². The van der Waals surface area contributed by atoms with Crippen LogP contribution in [0.4, 0.5) is 0 Å². The number of aromatic nitrogens is 2. The van der Waals surface area contributed by atoms with Gasteiger partial charge in [0.1, 0.15) is 23.3 Å². The Kier molecular flexibility index (Phi) is 5.92. The molecule has 7 nitrogen and oxygen atoms in total. The van der Waals surface area contributed by atoms with Gasteiger partial charge in [-0.1, -0.05) is 0 Å². The van der Waals surface area contributed by atoms with Crippen molar-refractivity contribution in [1.82, 2.24) is 15.1 Å². The van der Waals surface area contributed by atoms with E-state index in [0.717, 1.165) is 11.5 Å². The predicted octanol–water partition coefficient (Wildman–Crippen LogP) is 2.66. The van der Waals surface area contributed by atoms with Crippen molar-refractivity contribution in [3.8, 4) is 11.5 Å². The molecule has 1 unspecified atom stereocenters. The first kappa shape index (κ1) is 17.6. The maximum atomic E-state index is 12.1. The SMILES string of the molecule is CCOc1ccc(OCC(=O)NCC(c2ccco2)n2cccn2)cc1. The van der Waals surface area contributed by atoms with Crippen LogP contribution >= 0.6 is 0 Å². The number of nitrogens with zero attached hydrogens (tertiary/aromatic N) is 2. The molecule has 0 saturated carbocycles. The highest BCUT2D eigenvalue weighted by Gasteiger charge is 2.18. The molecule has 2 heterocycles. The van der Waals surface area contributed by atoms with Crippen LogP contribution in [-0.2, 0) is 4.79 Å². The van der Waals surface area contributed by atoms with Gasteiger partial charge in [0, 0.05) is 18.9 Å². The largest absolute Gasteiger partial charge is 0.494 e. The van der Waals surface area contributed by atoms with Crippen molar-refractivity contribution >= 4 is 5.91 Å². The van der Waals surface area contributed by atoms with E-state index in [2.05, 4.69) is 10.4 Å². The molecule has 0 bridgehead atoms. The summed E-state index contributed by atoms with van der Waals surface area (Å²) < 4.78 is 18.1. The van der Waals surface area contributed by atoms with E-state index in [1.807, 2.05) is 31.3 Å². The van der Waals surface area contributed by atoms with Crippen molar-refractivity contribution in [2.24, 2.45) is 0 Å². The third-order valence-corrected chi connectivity index (χ3v) is 3.71. The van der Waals surface area contributed by atoms with Crippen molar-refractivity contribution < 1.29 is 18.7 Å². The number of carbonyl (C=O) groups is 1. The summed E-state index contributed by atoms with van der Waals surface area (Å²) in [5.41, 5.74) is 0. The number of hydrogen-bond donors (Lipinski definition) is 1. The lowest BCUT2D eigenvalue weighted by molar-refractivity contribution is -0.123. The summed E-state index contributed by atoms with van der Waals surface area (Å²) in [7, 11) is 0. The zero-order valence-corrected chi connectivity index (χ0v) is 14.5. The Hall–Kier alpha value is -3.22. The number of hydrogen-bond acceptors (Lipinski definition) is 5. The molecule has 0 spiro atoms. The Morgan fingerprint density at radius 3 is 2.58 bits per heavy atom. The molecular formula is C19H21N3O4. The third-order valence-electron chi connectivity index (χ3n) is 3.71. The van der Waals surface area contributed by atoms with E-state index in [4.69, 9.17) is 13.9 Å². The van der Waals surface area contributed by atoms with Gasteiger partial charge in [0.05, 0.1) is 12.9 Å². The number of furan rings is 1. The predicted molar refractivity (Wildman–Crippen MR) is 95.2 cm³/mol. The van der Waals surface area contributed by atoms with Crippen molar-refractivity contribution in [2.45, 2.75) is 13.0 Å². The summed E-state index contributed by atoms with van der Waals surface area (Å²) in [5, 5.41) is 7.08. The minimum Gasteiger partial charge on any atom is -0.494 e. The van der Waals surface area contributed by atoms with Crippen LogP contribution < -0.4 is 14.8 Å². The number of benzene rings is 1. The maximum Gasteiger partial charge on any atom is 0.258 e. The van der Waals surface area contributed by atoms with Gasteiger partial charge >= 0.3 is 0 Å². The summed E-state index contributed by atoms with van der Waals surface area (Å²) in [6.07, 6.45) is 5.12. The molecule has 0 radical (unpaired) electrons. The van der Waals surface area contributed by atoms with Crippen molar-refractivity contribution in [1.29, 1.82) is 0 Å². The Bertz CT molecular complexity index is 749. The summed E-state index contributed by atoms with van der Waals surface area (Å²) in [4.78, 5) is 12.1. The molecule has 7 heteroatoms. The smallest absolute Gasteiger partial charge is 0.258 e. The second-order valence-electron chi connectivity index (χ2n) is 5.51. The summed E-state index contributed by atoms with van der Waals surface area (Å²) in [6, 6.07) is 12.4. The van der Waals surface area contributed by atoms with E-state index in [-0.39, 0.29) is 18.6 Å². The molecule has 2 aromatic heterocycles. The highest BCUT2D eigenvalue weighted by molar-refractivity contribution is 5.77. The molecule has 1 amide bonds. The molecule has 26 heavy (non-hydrogen) atoms. The minimum absolute atomic E-state index is 0.0715. The van der Waals surface area contributed by atoms with Gasteiger partial charge in [-0.15, -0.1) is 0 Å². The van der Waals surface area contributed by atoms with Gasteiger partial charge < -0.3 is 19.2 Å². The lowest BCUT2D eigenvalue weighted by Crippen LogP contribution is -2.34. The van der Waals surface area contributed by atoms with Crippen LogP contribution in [0.1, 0.15) is 18.7 Å². The molecule has 0 aliphatic heterocycles. The Morgan fingerprint density at radius 1 is 1.19 bits per heavy atom. The average Bonchev–Trinajstić information content (AvgIpc) is 3.36. The first-order valence-corrected chi connectivity index (χ1v) is 8.41. The van der Waals surface area contributed by atoms with Crippen LogP contribution in [0.25, 0.3) is 0 Å². The number of rotatable bonds is 9. The lowest BCUT2D eigenvalue weighted by atomic mass is 10.2. The molecule has 0 aliphatic carbocycles. The van der Waals surface area contributed by atoms with Gasteiger partial charge in [0.2, 0.25) is 0 Å². The Balaban J connectivity index is 1.51. The molecule has 136 valence electrons. The van der Waals surface area contributed by atoms with Crippen LogP contribution in [0.15, 0.2) is 65.5 Å². The zero-order chi connectivity index (χ0) is 18.2. The number of amides is 1. The fraction of sp³-hybridized carbons (Fsp3) is 0.263. The quantitative estimate of drug-likeness (QED) is 0.638. The maximum absolute atomic E-state index is 12.1. The Morgan fingerprint density at radius 2 is 1.96 bits per heavy atom. The molecule has 1 N–H and O–H groups in total.